The molecule has 0 saturated carbocycles. The van der Waals surface area contributed by atoms with E-state index in [1.165, 1.54) is 25.8 Å². The number of hydrogen-bond donors (Lipinski definition) is 1. The van der Waals surface area contributed by atoms with Gasteiger partial charge in [-0.15, -0.1) is 0 Å². The molecule has 0 aliphatic rings. The Bertz CT molecular complexity index is 516. The first-order chi connectivity index (χ1) is 9.48. The molecular formula is C13H19NO4S2. The maximum absolute atomic E-state index is 11.6. The number of carbonyl (C=O) groups excluding carboxylic acids is 1. The molecule has 1 N–H and O–H groups in total. The molecule has 0 amide bonds. The molecule has 0 aliphatic heterocycles. The second-order valence-corrected chi connectivity index (χ2v) is 7.17. The number of nitrogens with one attached hydrogen (secondary N) is 1. The van der Waals surface area contributed by atoms with Gasteiger partial charge in [-0.1, -0.05) is 30.3 Å². The maximum Gasteiger partial charge on any atom is 0.324 e. The number of benzene rings is 1. The van der Waals surface area contributed by atoms with Crippen LogP contribution >= 0.6 is 11.8 Å². The fourth-order valence-electron chi connectivity index (χ4n) is 1.46. The zero-order valence-corrected chi connectivity index (χ0v) is 13.2. The Morgan fingerprint density at radius 2 is 2.00 bits per heavy atom. The largest absolute Gasteiger partial charge is 0.468 e. The van der Waals surface area contributed by atoms with Crippen LogP contribution in [-0.4, -0.2) is 39.0 Å². The molecule has 20 heavy (non-hydrogen) atoms. The van der Waals surface area contributed by atoms with Crippen molar-refractivity contribution in [3.8, 4) is 0 Å². The number of esters is 1. The predicted octanol–water partition coefficient (Wildman–Crippen LogP) is 1.40. The number of carbonyl (C=O) groups is 1. The van der Waals surface area contributed by atoms with E-state index in [0.717, 1.165) is 5.56 Å². The monoisotopic (exact) mass is 317 g/mol. The molecule has 1 aromatic carbocycles. The molecule has 5 nitrogen and oxygen atoms in total. The standard InChI is InChI=1S/C13H19NO4S2/c1-3-20(16,17)14-12(13(15)18-2)10-19-9-11-7-5-4-6-8-11/h4-8,12,14H,3,9-10H2,1-2H3. The molecule has 1 unspecified atom stereocenters. The van der Waals surface area contributed by atoms with Crippen LogP contribution in [0.4, 0.5) is 0 Å². The lowest BCUT2D eigenvalue weighted by Gasteiger charge is -2.15. The Hall–Kier alpha value is -1.05. The smallest absolute Gasteiger partial charge is 0.324 e. The Morgan fingerprint density at radius 1 is 1.35 bits per heavy atom. The van der Waals surface area contributed by atoms with Crippen molar-refractivity contribution in [2.75, 3.05) is 18.6 Å². The summed E-state index contributed by atoms with van der Waals surface area (Å²) in [4.78, 5) is 11.6. The van der Waals surface area contributed by atoms with Gasteiger partial charge < -0.3 is 4.74 Å². The van der Waals surface area contributed by atoms with Crippen LogP contribution in [0.5, 0.6) is 0 Å². The second kappa shape index (κ2) is 8.28. The fraction of sp³-hybridized carbons (Fsp3) is 0.462. The lowest BCUT2D eigenvalue weighted by molar-refractivity contribution is -0.141. The van der Waals surface area contributed by atoms with Gasteiger partial charge in [0.05, 0.1) is 12.9 Å². The number of sulfonamides is 1. The van der Waals surface area contributed by atoms with E-state index >= 15 is 0 Å². The van der Waals surface area contributed by atoms with Gasteiger partial charge in [-0.2, -0.15) is 11.8 Å². The Labute approximate surface area is 124 Å². The fourth-order valence-corrected chi connectivity index (χ4v) is 3.35. The van der Waals surface area contributed by atoms with Gasteiger partial charge in [0.2, 0.25) is 10.0 Å². The molecule has 0 aliphatic carbocycles. The lowest BCUT2D eigenvalue weighted by Crippen LogP contribution is -2.43. The summed E-state index contributed by atoms with van der Waals surface area (Å²) in [7, 11) is -2.19. The third-order valence-corrected chi connectivity index (χ3v) is 5.09. The average Bonchev–Trinajstić information content (AvgIpc) is 2.46. The van der Waals surface area contributed by atoms with Crippen LogP contribution in [0.2, 0.25) is 0 Å². The van der Waals surface area contributed by atoms with Gasteiger partial charge in [0.1, 0.15) is 6.04 Å². The molecule has 0 bridgehead atoms. The molecule has 0 heterocycles. The van der Waals surface area contributed by atoms with Crippen molar-refractivity contribution in [3.63, 3.8) is 0 Å². The zero-order chi connectivity index (χ0) is 15.0. The predicted molar refractivity (Wildman–Crippen MR) is 81.0 cm³/mol. The zero-order valence-electron chi connectivity index (χ0n) is 11.5. The number of methoxy groups -OCH3 is 1. The Kier molecular flexibility index (Phi) is 7.04. The summed E-state index contributed by atoms with van der Waals surface area (Å²) in [5.74, 6) is 0.412. The summed E-state index contributed by atoms with van der Waals surface area (Å²) < 4.78 is 30.1. The van der Waals surface area contributed by atoms with Gasteiger partial charge in [0.25, 0.3) is 0 Å². The topological polar surface area (TPSA) is 72.5 Å². The van der Waals surface area contributed by atoms with E-state index in [-0.39, 0.29) is 5.75 Å². The van der Waals surface area contributed by atoms with Crippen molar-refractivity contribution in [1.29, 1.82) is 0 Å². The summed E-state index contributed by atoms with van der Waals surface area (Å²) >= 11 is 1.48. The van der Waals surface area contributed by atoms with Gasteiger partial charge in [-0.3, -0.25) is 4.79 Å². The quantitative estimate of drug-likeness (QED) is 0.734. The molecule has 7 heteroatoms. The number of ether oxygens (including phenoxy) is 1. The SMILES string of the molecule is CCS(=O)(=O)NC(CSCc1ccccc1)C(=O)OC. The minimum atomic E-state index is -3.43. The van der Waals surface area contributed by atoms with Gasteiger partial charge in [0, 0.05) is 11.5 Å². The maximum atomic E-state index is 11.6. The normalized spacial score (nSPS) is 12.9. The van der Waals surface area contributed by atoms with Gasteiger partial charge in [-0.05, 0) is 12.5 Å². The summed E-state index contributed by atoms with van der Waals surface area (Å²) in [6.45, 7) is 1.52. The van der Waals surface area contributed by atoms with Gasteiger partial charge in [-0.25, -0.2) is 13.1 Å². The van der Waals surface area contributed by atoms with Crippen molar-refractivity contribution >= 4 is 27.8 Å². The lowest BCUT2D eigenvalue weighted by atomic mass is 10.2. The third-order valence-electron chi connectivity index (χ3n) is 2.58. The first-order valence-corrected chi connectivity index (χ1v) is 8.98. The third kappa shape index (κ3) is 5.94. The summed E-state index contributed by atoms with van der Waals surface area (Å²) in [5.41, 5.74) is 1.12. The van der Waals surface area contributed by atoms with Crippen LogP contribution in [0.1, 0.15) is 12.5 Å². The van der Waals surface area contributed by atoms with Crippen molar-refractivity contribution in [2.45, 2.75) is 18.7 Å². The summed E-state index contributed by atoms with van der Waals surface area (Å²) in [6.07, 6.45) is 0. The van der Waals surface area contributed by atoms with Gasteiger partial charge >= 0.3 is 5.97 Å². The molecule has 0 saturated heterocycles. The Morgan fingerprint density at radius 3 is 2.55 bits per heavy atom. The highest BCUT2D eigenvalue weighted by Crippen LogP contribution is 2.13. The molecule has 1 rings (SSSR count). The average molecular weight is 317 g/mol. The van der Waals surface area contributed by atoms with Crippen molar-refractivity contribution in [3.05, 3.63) is 35.9 Å². The first-order valence-electron chi connectivity index (χ1n) is 6.18. The van der Waals surface area contributed by atoms with E-state index in [1.54, 1.807) is 0 Å². The highest BCUT2D eigenvalue weighted by atomic mass is 32.2. The van der Waals surface area contributed by atoms with Crippen LogP contribution in [0.3, 0.4) is 0 Å². The Balaban J connectivity index is 2.55. The summed E-state index contributed by atoms with van der Waals surface area (Å²) in [5, 5.41) is 0. The number of hydrogen-bond acceptors (Lipinski definition) is 5. The highest BCUT2D eigenvalue weighted by Gasteiger charge is 2.24. The molecule has 0 fully saturated rings. The molecule has 0 aromatic heterocycles. The van der Waals surface area contributed by atoms with Crippen LogP contribution < -0.4 is 4.72 Å². The van der Waals surface area contributed by atoms with E-state index in [2.05, 4.69) is 9.46 Å². The number of rotatable bonds is 8. The van der Waals surface area contributed by atoms with Crippen LogP contribution in [0.25, 0.3) is 0 Å². The van der Waals surface area contributed by atoms with Crippen molar-refractivity contribution < 1.29 is 17.9 Å². The molecule has 1 aromatic rings. The summed E-state index contributed by atoms with van der Waals surface area (Å²) in [6, 6.07) is 8.92. The van der Waals surface area contributed by atoms with Crippen LogP contribution in [0.15, 0.2) is 30.3 Å². The minimum Gasteiger partial charge on any atom is -0.468 e. The van der Waals surface area contributed by atoms with E-state index in [1.807, 2.05) is 30.3 Å². The highest BCUT2D eigenvalue weighted by molar-refractivity contribution is 7.98. The minimum absolute atomic E-state index is 0.0656. The van der Waals surface area contributed by atoms with Crippen molar-refractivity contribution in [2.24, 2.45) is 0 Å². The van der Waals surface area contributed by atoms with E-state index in [9.17, 15) is 13.2 Å². The van der Waals surface area contributed by atoms with Crippen molar-refractivity contribution in [1.82, 2.24) is 4.72 Å². The number of thioether (sulfide) groups is 1. The molecule has 0 radical (unpaired) electrons. The van der Waals surface area contributed by atoms with Crippen LogP contribution in [-0.2, 0) is 25.3 Å². The molecule has 1 atom stereocenters. The van der Waals surface area contributed by atoms with E-state index in [4.69, 9.17) is 0 Å². The van der Waals surface area contributed by atoms with E-state index in [0.29, 0.717) is 11.5 Å². The molecule has 112 valence electrons. The molecule has 0 spiro atoms. The van der Waals surface area contributed by atoms with Gasteiger partial charge in [0.15, 0.2) is 0 Å². The molecular weight excluding hydrogens is 298 g/mol. The first kappa shape index (κ1) is 17.0. The van der Waals surface area contributed by atoms with E-state index < -0.39 is 22.0 Å². The second-order valence-electron chi connectivity index (χ2n) is 4.10. The van der Waals surface area contributed by atoms with Crippen LogP contribution in [0, 0.1) is 0 Å².